The number of hydrogen-bond acceptors (Lipinski definition) is 4. The maximum absolute atomic E-state index is 12.5. The van der Waals surface area contributed by atoms with Crippen molar-refractivity contribution in [1.82, 2.24) is 5.32 Å². The fourth-order valence-electron chi connectivity index (χ4n) is 4.07. The second-order valence-corrected chi connectivity index (χ2v) is 8.00. The van der Waals surface area contributed by atoms with Crippen LogP contribution in [0.3, 0.4) is 0 Å². The van der Waals surface area contributed by atoms with Crippen molar-refractivity contribution in [1.29, 1.82) is 0 Å². The highest BCUT2D eigenvalue weighted by atomic mass is 35.5. The lowest BCUT2D eigenvalue weighted by Gasteiger charge is -2.18. The van der Waals surface area contributed by atoms with Crippen molar-refractivity contribution in [2.75, 3.05) is 13.7 Å². The molecule has 0 aliphatic heterocycles. The highest BCUT2D eigenvalue weighted by Gasteiger charge is 2.29. The minimum absolute atomic E-state index is 0.0381. The Morgan fingerprint density at radius 3 is 2.25 bits per heavy atom. The summed E-state index contributed by atoms with van der Waals surface area (Å²) in [5.41, 5.74) is 5.04. The first kappa shape index (κ1) is 21.7. The van der Waals surface area contributed by atoms with Crippen molar-refractivity contribution >= 4 is 23.7 Å². The van der Waals surface area contributed by atoms with Gasteiger partial charge in [-0.2, -0.15) is 0 Å². The van der Waals surface area contributed by atoms with E-state index < -0.39 is 18.1 Å². The maximum Gasteiger partial charge on any atom is 0.407 e. The fourth-order valence-corrected chi connectivity index (χ4v) is 4.32. The molecule has 0 heterocycles. The number of carbonyl (C=O) groups excluding carboxylic acids is 1. The number of carbonyl (C=O) groups is 2. The third-order valence-electron chi connectivity index (χ3n) is 5.54. The standard InChI is InChI=1S/C25H22ClNO5/c1-31-17-11-15(10-16(26)13-17)12-23(24(28)29)27-25(30)32-14-22-20-8-4-2-6-18(20)19-7-3-5-9-21(19)22/h2-11,13,22-23H,12,14H2,1H3,(H,27,30)(H,28,29)/t23-/m0/s1. The molecule has 6 nitrogen and oxygen atoms in total. The molecule has 0 fully saturated rings. The maximum atomic E-state index is 12.5. The molecule has 3 aromatic carbocycles. The quantitative estimate of drug-likeness (QED) is 0.534. The number of benzene rings is 3. The summed E-state index contributed by atoms with van der Waals surface area (Å²) in [6.07, 6.45) is -0.746. The molecule has 7 heteroatoms. The molecule has 0 radical (unpaired) electrons. The molecule has 1 aliphatic carbocycles. The van der Waals surface area contributed by atoms with Gasteiger partial charge in [-0.05, 0) is 46.0 Å². The molecule has 0 saturated carbocycles. The van der Waals surface area contributed by atoms with Gasteiger partial charge < -0.3 is 19.9 Å². The highest BCUT2D eigenvalue weighted by molar-refractivity contribution is 6.30. The first-order valence-electron chi connectivity index (χ1n) is 10.1. The minimum atomic E-state index is -1.17. The van der Waals surface area contributed by atoms with Crippen LogP contribution in [0.25, 0.3) is 11.1 Å². The van der Waals surface area contributed by atoms with E-state index in [2.05, 4.69) is 5.32 Å². The molecule has 1 aliphatic rings. The van der Waals surface area contributed by atoms with E-state index in [1.165, 1.54) is 7.11 Å². The number of fused-ring (bicyclic) bond motifs is 3. The zero-order valence-corrected chi connectivity index (χ0v) is 18.1. The molecule has 0 bridgehead atoms. The number of alkyl carbamates (subject to hydrolysis) is 1. The largest absolute Gasteiger partial charge is 0.497 e. The molecule has 164 valence electrons. The Balaban J connectivity index is 1.44. The Labute approximate surface area is 190 Å². The molecule has 1 amide bonds. The van der Waals surface area contributed by atoms with E-state index in [-0.39, 0.29) is 18.9 Å². The average Bonchev–Trinajstić information content (AvgIpc) is 3.10. The van der Waals surface area contributed by atoms with Crippen molar-refractivity contribution in [3.8, 4) is 16.9 Å². The lowest BCUT2D eigenvalue weighted by atomic mass is 9.98. The number of ether oxygens (including phenoxy) is 2. The lowest BCUT2D eigenvalue weighted by molar-refractivity contribution is -0.139. The summed E-state index contributed by atoms with van der Waals surface area (Å²) in [4.78, 5) is 24.2. The van der Waals surface area contributed by atoms with Gasteiger partial charge in [-0.15, -0.1) is 0 Å². The van der Waals surface area contributed by atoms with Crippen LogP contribution in [0.15, 0.2) is 66.7 Å². The summed E-state index contributed by atoms with van der Waals surface area (Å²) in [7, 11) is 1.50. The van der Waals surface area contributed by atoms with Crippen LogP contribution in [0.5, 0.6) is 5.75 Å². The summed E-state index contributed by atoms with van der Waals surface area (Å²) in [6.45, 7) is 0.108. The molecule has 2 N–H and O–H groups in total. The number of amides is 1. The second kappa shape index (κ2) is 9.32. The monoisotopic (exact) mass is 451 g/mol. The summed E-state index contributed by atoms with van der Waals surface area (Å²) in [5.74, 6) is -0.760. The highest BCUT2D eigenvalue weighted by Crippen LogP contribution is 2.44. The van der Waals surface area contributed by atoms with Gasteiger partial charge in [0.15, 0.2) is 0 Å². The summed E-state index contributed by atoms with van der Waals surface area (Å²) >= 11 is 6.06. The zero-order valence-electron chi connectivity index (χ0n) is 17.4. The molecule has 0 aromatic heterocycles. The van der Waals surface area contributed by atoms with Gasteiger partial charge in [0.05, 0.1) is 7.11 Å². The van der Waals surface area contributed by atoms with Crippen LogP contribution < -0.4 is 10.1 Å². The van der Waals surface area contributed by atoms with Gasteiger partial charge in [-0.1, -0.05) is 60.1 Å². The molecular formula is C25H22ClNO5. The normalized spacial score (nSPS) is 13.1. The molecule has 0 spiro atoms. The predicted octanol–water partition coefficient (Wildman–Crippen LogP) is 4.88. The van der Waals surface area contributed by atoms with E-state index in [0.717, 1.165) is 22.3 Å². The van der Waals surface area contributed by atoms with Crippen molar-refractivity contribution in [3.63, 3.8) is 0 Å². The summed E-state index contributed by atoms with van der Waals surface area (Å²) < 4.78 is 10.6. The van der Waals surface area contributed by atoms with E-state index in [0.29, 0.717) is 16.3 Å². The number of rotatable bonds is 7. The van der Waals surface area contributed by atoms with E-state index in [1.54, 1.807) is 18.2 Å². The van der Waals surface area contributed by atoms with Crippen LogP contribution >= 0.6 is 11.6 Å². The van der Waals surface area contributed by atoms with Gasteiger partial charge in [0.2, 0.25) is 0 Å². The molecule has 32 heavy (non-hydrogen) atoms. The van der Waals surface area contributed by atoms with Gasteiger partial charge in [0.1, 0.15) is 18.4 Å². The summed E-state index contributed by atoms with van der Waals surface area (Å²) in [5, 5.41) is 12.5. The summed E-state index contributed by atoms with van der Waals surface area (Å²) in [6, 6.07) is 19.8. The number of aliphatic carboxylic acids is 1. The Morgan fingerprint density at radius 2 is 1.66 bits per heavy atom. The molecule has 4 rings (SSSR count). The number of carboxylic acids is 1. The van der Waals surface area contributed by atoms with E-state index in [9.17, 15) is 14.7 Å². The van der Waals surface area contributed by atoms with Gasteiger partial charge in [-0.3, -0.25) is 0 Å². The van der Waals surface area contributed by atoms with Gasteiger partial charge >= 0.3 is 12.1 Å². The Bertz CT molecular complexity index is 1120. The average molecular weight is 452 g/mol. The van der Waals surface area contributed by atoms with Crippen molar-refractivity contribution in [2.24, 2.45) is 0 Å². The lowest BCUT2D eigenvalue weighted by Crippen LogP contribution is -2.42. The fraction of sp³-hybridized carbons (Fsp3) is 0.200. The molecule has 1 atom stereocenters. The van der Waals surface area contributed by atoms with E-state index in [4.69, 9.17) is 21.1 Å². The third-order valence-corrected chi connectivity index (χ3v) is 5.76. The van der Waals surface area contributed by atoms with Crippen LogP contribution in [0.1, 0.15) is 22.6 Å². The smallest absolute Gasteiger partial charge is 0.407 e. The molecule has 0 unspecified atom stereocenters. The topological polar surface area (TPSA) is 84.9 Å². The third kappa shape index (κ3) is 4.55. The number of halogens is 1. The number of hydrogen-bond donors (Lipinski definition) is 2. The molecule has 3 aromatic rings. The van der Waals surface area contributed by atoms with Gasteiger partial charge in [0, 0.05) is 17.4 Å². The Hall–Kier alpha value is -3.51. The van der Waals surface area contributed by atoms with Crippen LogP contribution in [0, 0.1) is 0 Å². The van der Waals surface area contributed by atoms with Crippen molar-refractivity contribution in [2.45, 2.75) is 18.4 Å². The van der Waals surface area contributed by atoms with Crippen LogP contribution in [-0.2, 0) is 16.0 Å². The Morgan fingerprint density at radius 1 is 1.03 bits per heavy atom. The van der Waals surface area contributed by atoms with E-state index >= 15 is 0 Å². The molecule has 0 saturated heterocycles. The van der Waals surface area contributed by atoms with Gasteiger partial charge in [-0.25, -0.2) is 9.59 Å². The number of methoxy groups -OCH3 is 1. The first-order valence-corrected chi connectivity index (χ1v) is 10.5. The second-order valence-electron chi connectivity index (χ2n) is 7.56. The Kier molecular flexibility index (Phi) is 6.32. The molecular weight excluding hydrogens is 430 g/mol. The van der Waals surface area contributed by atoms with Crippen LogP contribution in [0.4, 0.5) is 4.79 Å². The minimum Gasteiger partial charge on any atom is -0.497 e. The number of carboxylic acid groups (broad SMARTS) is 1. The predicted molar refractivity (Wildman–Crippen MR) is 121 cm³/mol. The van der Waals surface area contributed by atoms with Crippen LogP contribution in [0.2, 0.25) is 5.02 Å². The van der Waals surface area contributed by atoms with Crippen molar-refractivity contribution < 1.29 is 24.2 Å². The van der Waals surface area contributed by atoms with Crippen molar-refractivity contribution in [3.05, 3.63) is 88.4 Å². The zero-order chi connectivity index (χ0) is 22.7. The SMILES string of the molecule is COc1cc(Cl)cc(C[C@H](NC(=O)OCC2c3ccccc3-c3ccccc32)C(=O)O)c1. The van der Waals surface area contributed by atoms with Crippen LogP contribution in [-0.4, -0.2) is 36.9 Å². The first-order chi connectivity index (χ1) is 15.5. The van der Waals surface area contributed by atoms with E-state index in [1.807, 2.05) is 48.5 Å². The number of nitrogens with one attached hydrogen (secondary N) is 1. The van der Waals surface area contributed by atoms with Gasteiger partial charge in [0.25, 0.3) is 0 Å².